The zero-order chi connectivity index (χ0) is 20.1. The molecule has 0 spiro atoms. The highest BCUT2D eigenvalue weighted by atomic mass is 79.9. The Kier molecular flexibility index (Phi) is 6.62. The molecule has 1 amide bonds. The number of halogens is 2. The number of benzene rings is 2. The van der Waals surface area contributed by atoms with Gasteiger partial charge in [-0.1, -0.05) is 15.9 Å². The molecule has 0 radical (unpaired) electrons. The maximum Gasteiger partial charge on any atom is 0.246 e. The Labute approximate surface area is 172 Å². The summed E-state index contributed by atoms with van der Waals surface area (Å²) < 4.78 is 19.6. The van der Waals surface area contributed by atoms with Crippen molar-refractivity contribution in [2.75, 3.05) is 20.2 Å². The summed E-state index contributed by atoms with van der Waals surface area (Å²) in [7, 11) is 1.59. The fraction of sp³-hybridized carbons (Fsp3) is 0.273. The number of hydrogen-bond donors (Lipinski definition) is 0. The van der Waals surface area contributed by atoms with Gasteiger partial charge >= 0.3 is 0 Å². The van der Waals surface area contributed by atoms with E-state index >= 15 is 0 Å². The molecule has 0 atom stereocenters. The lowest BCUT2D eigenvalue weighted by Gasteiger charge is -2.30. The molecule has 28 heavy (non-hydrogen) atoms. The van der Waals surface area contributed by atoms with Gasteiger partial charge in [0.05, 0.1) is 7.11 Å². The van der Waals surface area contributed by atoms with Crippen LogP contribution in [0.25, 0.3) is 6.08 Å². The number of likely N-dealkylation sites (tertiary alicyclic amines) is 1. The van der Waals surface area contributed by atoms with Gasteiger partial charge in [0.1, 0.15) is 11.6 Å². The van der Waals surface area contributed by atoms with E-state index in [9.17, 15) is 14.0 Å². The maximum atomic E-state index is 13.8. The first-order valence-electron chi connectivity index (χ1n) is 9.08. The van der Waals surface area contributed by atoms with Crippen molar-refractivity contribution in [3.05, 3.63) is 70.0 Å². The Balaban J connectivity index is 1.56. The minimum absolute atomic E-state index is 0.0936. The molecule has 146 valence electrons. The minimum atomic E-state index is -0.379. The number of ketones is 1. The summed E-state index contributed by atoms with van der Waals surface area (Å²) in [6, 6.07) is 11.7. The molecule has 1 aliphatic rings. The van der Waals surface area contributed by atoms with Gasteiger partial charge in [0, 0.05) is 40.7 Å². The van der Waals surface area contributed by atoms with Crippen LogP contribution in [-0.2, 0) is 4.79 Å². The fourth-order valence-electron chi connectivity index (χ4n) is 3.26. The van der Waals surface area contributed by atoms with Gasteiger partial charge in [-0.05, 0) is 61.4 Å². The number of Topliss-reactive ketones (excluding diaryl/α,β-unsaturated/α-hetero) is 1. The monoisotopic (exact) mass is 445 g/mol. The zero-order valence-corrected chi connectivity index (χ0v) is 17.1. The third-order valence-electron chi connectivity index (χ3n) is 4.92. The second kappa shape index (κ2) is 9.15. The number of amides is 1. The Morgan fingerprint density at radius 1 is 1.14 bits per heavy atom. The van der Waals surface area contributed by atoms with Crippen LogP contribution in [0.3, 0.4) is 0 Å². The van der Waals surface area contributed by atoms with Gasteiger partial charge in [-0.25, -0.2) is 4.39 Å². The maximum absolute atomic E-state index is 13.8. The van der Waals surface area contributed by atoms with Crippen LogP contribution in [-0.4, -0.2) is 36.8 Å². The van der Waals surface area contributed by atoms with E-state index in [-0.39, 0.29) is 23.4 Å². The van der Waals surface area contributed by atoms with Crippen LogP contribution in [0.4, 0.5) is 4.39 Å². The Morgan fingerprint density at radius 3 is 2.46 bits per heavy atom. The van der Waals surface area contributed by atoms with Crippen LogP contribution < -0.4 is 4.74 Å². The molecule has 2 aromatic carbocycles. The predicted molar refractivity (Wildman–Crippen MR) is 110 cm³/mol. The molecule has 1 aliphatic heterocycles. The summed E-state index contributed by atoms with van der Waals surface area (Å²) >= 11 is 3.29. The van der Waals surface area contributed by atoms with Crippen LogP contribution in [0.15, 0.2) is 53.0 Å². The number of piperidine rings is 1. The first kappa shape index (κ1) is 20.3. The third-order valence-corrected chi connectivity index (χ3v) is 5.41. The highest BCUT2D eigenvalue weighted by molar-refractivity contribution is 9.10. The van der Waals surface area contributed by atoms with E-state index in [4.69, 9.17) is 4.74 Å². The molecule has 0 unspecified atom stereocenters. The first-order chi connectivity index (χ1) is 13.5. The van der Waals surface area contributed by atoms with E-state index in [1.165, 1.54) is 18.2 Å². The van der Waals surface area contributed by atoms with Gasteiger partial charge in [0.25, 0.3) is 0 Å². The Morgan fingerprint density at radius 2 is 1.82 bits per heavy atom. The second-order valence-electron chi connectivity index (χ2n) is 6.69. The quantitative estimate of drug-likeness (QED) is 0.493. The Bertz CT molecular complexity index is 887. The molecule has 1 saturated heterocycles. The van der Waals surface area contributed by atoms with Crippen LogP contribution in [0, 0.1) is 11.7 Å². The highest BCUT2D eigenvalue weighted by Gasteiger charge is 2.27. The van der Waals surface area contributed by atoms with E-state index in [0.29, 0.717) is 42.8 Å². The van der Waals surface area contributed by atoms with Gasteiger partial charge in [0.2, 0.25) is 5.91 Å². The molecular formula is C22H21BrFNO3. The standard InChI is InChI=1S/C22H21BrFNO3/c1-28-19-6-2-15(3-7-19)22(27)16-10-12-25(13-11-16)21(26)9-4-17-14-18(23)5-8-20(17)24/h2-9,14,16H,10-13H2,1H3/b9-4+. The highest BCUT2D eigenvalue weighted by Crippen LogP contribution is 2.23. The molecule has 4 nitrogen and oxygen atoms in total. The lowest BCUT2D eigenvalue weighted by Crippen LogP contribution is -2.39. The number of nitrogens with zero attached hydrogens (tertiary/aromatic N) is 1. The van der Waals surface area contributed by atoms with Crippen molar-refractivity contribution in [2.24, 2.45) is 5.92 Å². The number of ether oxygens (including phenoxy) is 1. The molecule has 1 heterocycles. The molecule has 0 aliphatic carbocycles. The summed E-state index contributed by atoms with van der Waals surface area (Å²) in [4.78, 5) is 26.7. The van der Waals surface area contributed by atoms with E-state index < -0.39 is 0 Å². The van der Waals surface area contributed by atoms with Crippen molar-refractivity contribution in [1.29, 1.82) is 0 Å². The molecule has 0 bridgehead atoms. The smallest absolute Gasteiger partial charge is 0.246 e. The average Bonchev–Trinajstić information content (AvgIpc) is 2.73. The number of carbonyl (C=O) groups excluding carboxylic acids is 2. The molecule has 3 rings (SSSR count). The predicted octanol–water partition coefficient (Wildman–Crippen LogP) is 4.73. The van der Waals surface area contributed by atoms with Crippen LogP contribution in [0.5, 0.6) is 5.75 Å². The van der Waals surface area contributed by atoms with Gasteiger partial charge < -0.3 is 9.64 Å². The fourth-order valence-corrected chi connectivity index (χ4v) is 3.64. The molecule has 0 N–H and O–H groups in total. The molecule has 1 fully saturated rings. The van der Waals surface area contributed by atoms with Gasteiger partial charge in [-0.3, -0.25) is 9.59 Å². The SMILES string of the molecule is COc1ccc(C(=O)C2CCN(C(=O)/C=C/c3cc(Br)ccc3F)CC2)cc1. The van der Waals surface area contributed by atoms with E-state index in [1.807, 2.05) is 0 Å². The Hall–Kier alpha value is -2.47. The van der Waals surface area contributed by atoms with Gasteiger partial charge in [0.15, 0.2) is 5.78 Å². The molecule has 6 heteroatoms. The average molecular weight is 446 g/mol. The van der Waals surface area contributed by atoms with E-state index in [1.54, 1.807) is 48.4 Å². The van der Waals surface area contributed by atoms with Crippen molar-refractivity contribution < 1.29 is 18.7 Å². The largest absolute Gasteiger partial charge is 0.497 e. The second-order valence-corrected chi connectivity index (χ2v) is 7.61. The van der Waals surface area contributed by atoms with Crippen LogP contribution in [0.2, 0.25) is 0 Å². The number of hydrogen-bond acceptors (Lipinski definition) is 3. The third kappa shape index (κ3) is 4.87. The topological polar surface area (TPSA) is 46.6 Å². The van der Waals surface area contributed by atoms with Crippen molar-refractivity contribution in [3.8, 4) is 5.75 Å². The van der Waals surface area contributed by atoms with Gasteiger partial charge in [-0.2, -0.15) is 0 Å². The zero-order valence-electron chi connectivity index (χ0n) is 15.5. The summed E-state index contributed by atoms with van der Waals surface area (Å²) in [6.07, 6.45) is 4.11. The molecule has 2 aromatic rings. The van der Waals surface area contributed by atoms with Gasteiger partial charge in [-0.15, -0.1) is 0 Å². The lowest BCUT2D eigenvalue weighted by atomic mass is 9.89. The van der Waals surface area contributed by atoms with Crippen molar-refractivity contribution >= 4 is 33.7 Å². The number of methoxy groups -OCH3 is 1. The first-order valence-corrected chi connectivity index (χ1v) is 9.87. The summed E-state index contributed by atoms with van der Waals surface area (Å²) in [5.41, 5.74) is 1.02. The summed E-state index contributed by atoms with van der Waals surface area (Å²) in [5.74, 6) is 0.168. The van der Waals surface area contributed by atoms with E-state index in [0.717, 1.165) is 4.47 Å². The number of carbonyl (C=O) groups is 2. The van der Waals surface area contributed by atoms with Crippen LogP contribution in [0.1, 0.15) is 28.8 Å². The van der Waals surface area contributed by atoms with Crippen molar-refractivity contribution in [1.82, 2.24) is 4.90 Å². The summed E-state index contributed by atoms with van der Waals surface area (Å²) in [5, 5.41) is 0. The lowest BCUT2D eigenvalue weighted by molar-refractivity contribution is -0.127. The van der Waals surface area contributed by atoms with Crippen LogP contribution >= 0.6 is 15.9 Å². The van der Waals surface area contributed by atoms with Crippen molar-refractivity contribution in [3.63, 3.8) is 0 Å². The normalized spacial score (nSPS) is 15.0. The van der Waals surface area contributed by atoms with Crippen molar-refractivity contribution in [2.45, 2.75) is 12.8 Å². The molecule has 0 aromatic heterocycles. The molecule has 0 saturated carbocycles. The minimum Gasteiger partial charge on any atom is -0.497 e. The molecular weight excluding hydrogens is 425 g/mol. The number of rotatable bonds is 5. The van der Waals surface area contributed by atoms with E-state index in [2.05, 4.69) is 15.9 Å². The summed E-state index contributed by atoms with van der Waals surface area (Å²) in [6.45, 7) is 1.02.